The fourth-order valence-corrected chi connectivity index (χ4v) is 3.18. The van der Waals surface area contributed by atoms with Gasteiger partial charge in [-0.2, -0.15) is 0 Å². The number of Topliss-reactive ketones (excluding diaryl/α,β-unsaturated/α-hetero) is 1. The van der Waals surface area contributed by atoms with E-state index >= 15 is 0 Å². The molecule has 1 aliphatic carbocycles. The van der Waals surface area contributed by atoms with Crippen LogP contribution in [0.15, 0.2) is 30.3 Å². The van der Waals surface area contributed by atoms with E-state index in [0.29, 0.717) is 11.7 Å². The molecule has 1 heteroatoms. The zero-order valence-electron chi connectivity index (χ0n) is 11.8. The highest BCUT2D eigenvalue weighted by molar-refractivity contribution is 5.91. The molecule has 0 amide bonds. The van der Waals surface area contributed by atoms with Gasteiger partial charge in [0.2, 0.25) is 0 Å². The Morgan fingerprint density at radius 2 is 1.83 bits per heavy atom. The molecule has 1 aliphatic rings. The van der Waals surface area contributed by atoms with Crippen molar-refractivity contribution in [1.82, 2.24) is 0 Å². The quantitative estimate of drug-likeness (QED) is 0.772. The Hall–Kier alpha value is -1.11. The first-order valence-electron chi connectivity index (χ1n) is 7.11. The molecule has 2 atom stereocenters. The normalized spacial score (nSPS) is 24.8. The van der Waals surface area contributed by atoms with Crippen LogP contribution < -0.4 is 0 Å². The van der Waals surface area contributed by atoms with Crippen LogP contribution in [0, 0.1) is 11.8 Å². The molecule has 0 bridgehead atoms. The number of carbonyl (C=O) groups excluding carboxylic acids is 1. The third-order valence-corrected chi connectivity index (χ3v) is 4.42. The van der Waals surface area contributed by atoms with Gasteiger partial charge in [-0.1, -0.05) is 50.1 Å². The molecular weight excluding hydrogens is 220 g/mol. The zero-order valence-corrected chi connectivity index (χ0v) is 11.8. The molecule has 1 fully saturated rings. The maximum Gasteiger partial charge on any atom is 0.145 e. The van der Waals surface area contributed by atoms with E-state index in [2.05, 4.69) is 32.9 Å². The predicted molar refractivity (Wildman–Crippen MR) is 75.6 cm³/mol. The molecule has 0 radical (unpaired) electrons. The summed E-state index contributed by atoms with van der Waals surface area (Å²) in [6.45, 7) is 6.42. The Labute approximate surface area is 111 Å². The molecule has 0 heterocycles. The Bertz CT molecular complexity index is 405. The Balaban J connectivity index is 2.17. The third kappa shape index (κ3) is 2.66. The smallest absolute Gasteiger partial charge is 0.145 e. The summed E-state index contributed by atoms with van der Waals surface area (Å²) in [4.78, 5) is 12.8. The van der Waals surface area contributed by atoms with Crippen LogP contribution in [0.4, 0.5) is 0 Å². The van der Waals surface area contributed by atoms with Crippen molar-refractivity contribution in [1.29, 1.82) is 0 Å². The molecule has 0 aromatic heterocycles. The number of benzene rings is 1. The standard InChI is InChI=1S/C17H24O/c1-13-8-7-9-14(12-13)16(18)17(2,3)15-10-5-4-6-11-15/h4-6,10-11,13-14H,7-9,12H2,1-3H3. The van der Waals surface area contributed by atoms with Crippen molar-refractivity contribution in [3.05, 3.63) is 35.9 Å². The monoisotopic (exact) mass is 244 g/mol. The minimum atomic E-state index is -0.344. The van der Waals surface area contributed by atoms with Gasteiger partial charge in [0, 0.05) is 11.3 Å². The second-order valence-electron chi connectivity index (χ2n) is 6.32. The first kappa shape index (κ1) is 13.3. The molecule has 0 spiro atoms. The van der Waals surface area contributed by atoms with Gasteiger partial charge < -0.3 is 0 Å². The first-order chi connectivity index (χ1) is 8.51. The lowest BCUT2D eigenvalue weighted by atomic mass is 9.70. The zero-order chi connectivity index (χ0) is 13.2. The molecular formula is C17H24O. The van der Waals surface area contributed by atoms with Crippen LogP contribution >= 0.6 is 0 Å². The van der Waals surface area contributed by atoms with E-state index < -0.39 is 0 Å². The maximum atomic E-state index is 12.8. The van der Waals surface area contributed by atoms with Crippen molar-refractivity contribution in [2.24, 2.45) is 11.8 Å². The Morgan fingerprint density at radius 3 is 2.44 bits per heavy atom. The second kappa shape index (κ2) is 5.26. The summed E-state index contributed by atoms with van der Waals surface area (Å²) in [6.07, 6.45) is 4.66. The predicted octanol–water partition coefficient (Wildman–Crippen LogP) is 4.36. The number of carbonyl (C=O) groups is 1. The molecule has 1 aromatic carbocycles. The van der Waals surface area contributed by atoms with Crippen molar-refractivity contribution < 1.29 is 4.79 Å². The number of hydrogen-bond acceptors (Lipinski definition) is 1. The van der Waals surface area contributed by atoms with Crippen molar-refractivity contribution in [3.63, 3.8) is 0 Å². The molecule has 0 saturated heterocycles. The molecule has 18 heavy (non-hydrogen) atoms. The van der Waals surface area contributed by atoms with Gasteiger partial charge in [-0.25, -0.2) is 0 Å². The molecule has 2 rings (SSSR count). The molecule has 1 nitrogen and oxygen atoms in total. The van der Waals surface area contributed by atoms with Gasteiger partial charge in [0.15, 0.2) is 0 Å². The summed E-state index contributed by atoms with van der Waals surface area (Å²) in [6, 6.07) is 10.2. The largest absolute Gasteiger partial charge is 0.298 e. The van der Waals surface area contributed by atoms with E-state index in [1.54, 1.807) is 0 Å². The summed E-state index contributed by atoms with van der Waals surface area (Å²) >= 11 is 0. The summed E-state index contributed by atoms with van der Waals surface area (Å²) in [5.74, 6) is 1.41. The van der Waals surface area contributed by atoms with Gasteiger partial charge in [0.05, 0.1) is 0 Å². The minimum absolute atomic E-state index is 0.268. The molecule has 1 aromatic rings. The van der Waals surface area contributed by atoms with Crippen molar-refractivity contribution in [2.75, 3.05) is 0 Å². The average molecular weight is 244 g/mol. The van der Waals surface area contributed by atoms with Crippen molar-refractivity contribution in [2.45, 2.75) is 51.9 Å². The van der Waals surface area contributed by atoms with E-state index in [-0.39, 0.29) is 11.3 Å². The van der Waals surface area contributed by atoms with Crippen molar-refractivity contribution >= 4 is 5.78 Å². The lowest BCUT2D eigenvalue weighted by Gasteiger charge is -2.33. The summed E-state index contributed by atoms with van der Waals surface area (Å²) in [5, 5.41) is 0. The SMILES string of the molecule is CC1CCCC(C(=O)C(C)(C)c2ccccc2)C1. The third-order valence-electron chi connectivity index (χ3n) is 4.42. The van der Waals surface area contributed by atoms with E-state index in [1.165, 1.54) is 12.8 Å². The number of ketones is 1. The van der Waals surface area contributed by atoms with Gasteiger partial charge in [0.1, 0.15) is 5.78 Å². The molecule has 1 saturated carbocycles. The van der Waals surface area contributed by atoms with Crippen LogP contribution in [0.5, 0.6) is 0 Å². The van der Waals surface area contributed by atoms with E-state index in [1.807, 2.05) is 18.2 Å². The van der Waals surface area contributed by atoms with Crippen LogP contribution in [-0.2, 0) is 10.2 Å². The summed E-state index contributed by atoms with van der Waals surface area (Å²) in [7, 11) is 0. The average Bonchev–Trinajstić information content (AvgIpc) is 2.39. The van der Waals surface area contributed by atoms with Gasteiger partial charge >= 0.3 is 0 Å². The Morgan fingerprint density at radius 1 is 1.17 bits per heavy atom. The molecule has 98 valence electrons. The number of hydrogen-bond donors (Lipinski definition) is 0. The minimum Gasteiger partial charge on any atom is -0.298 e. The van der Waals surface area contributed by atoms with Gasteiger partial charge in [-0.15, -0.1) is 0 Å². The fraction of sp³-hybridized carbons (Fsp3) is 0.588. The van der Waals surface area contributed by atoms with Gasteiger partial charge in [0.25, 0.3) is 0 Å². The van der Waals surface area contributed by atoms with Crippen LogP contribution in [-0.4, -0.2) is 5.78 Å². The maximum absolute atomic E-state index is 12.8. The molecule has 0 aliphatic heterocycles. The van der Waals surface area contributed by atoms with Crippen molar-refractivity contribution in [3.8, 4) is 0 Å². The topological polar surface area (TPSA) is 17.1 Å². The van der Waals surface area contributed by atoms with E-state index in [0.717, 1.165) is 18.4 Å². The van der Waals surface area contributed by atoms with Crippen LogP contribution in [0.1, 0.15) is 52.0 Å². The van der Waals surface area contributed by atoms with Gasteiger partial charge in [-0.05, 0) is 38.2 Å². The highest BCUT2D eigenvalue weighted by Gasteiger charge is 2.36. The van der Waals surface area contributed by atoms with Crippen LogP contribution in [0.3, 0.4) is 0 Å². The molecule has 0 N–H and O–H groups in total. The lowest BCUT2D eigenvalue weighted by Crippen LogP contribution is -2.36. The highest BCUT2D eigenvalue weighted by atomic mass is 16.1. The lowest BCUT2D eigenvalue weighted by molar-refractivity contribution is -0.128. The first-order valence-corrected chi connectivity index (χ1v) is 7.11. The molecule has 2 unspecified atom stereocenters. The van der Waals surface area contributed by atoms with Crippen LogP contribution in [0.25, 0.3) is 0 Å². The fourth-order valence-electron chi connectivity index (χ4n) is 3.18. The summed E-state index contributed by atoms with van der Waals surface area (Å²) < 4.78 is 0. The highest BCUT2D eigenvalue weighted by Crippen LogP contribution is 2.35. The van der Waals surface area contributed by atoms with E-state index in [9.17, 15) is 4.79 Å². The second-order valence-corrected chi connectivity index (χ2v) is 6.32. The van der Waals surface area contributed by atoms with E-state index in [4.69, 9.17) is 0 Å². The number of rotatable bonds is 3. The summed E-state index contributed by atoms with van der Waals surface area (Å²) in [5.41, 5.74) is 0.802. The van der Waals surface area contributed by atoms with Gasteiger partial charge in [-0.3, -0.25) is 4.79 Å². The Kier molecular flexibility index (Phi) is 3.89. The van der Waals surface area contributed by atoms with Crippen LogP contribution in [0.2, 0.25) is 0 Å².